The molecule has 1 N–H and O–H groups in total. The molecule has 1 aliphatic heterocycles. The molecule has 1 fully saturated rings. The van der Waals surface area contributed by atoms with Gasteiger partial charge in [0.25, 0.3) is 5.91 Å². The van der Waals surface area contributed by atoms with Crippen LogP contribution < -0.4 is 10.2 Å². The van der Waals surface area contributed by atoms with Crippen molar-refractivity contribution in [2.75, 3.05) is 36.4 Å². The van der Waals surface area contributed by atoms with E-state index in [1.54, 1.807) is 18.3 Å². The second kappa shape index (κ2) is 11.6. The van der Waals surface area contributed by atoms with Gasteiger partial charge in [-0.2, -0.15) is 0 Å². The van der Waals surface area contributed by atoms with E-state index in [-0.39, 0.29) is 5.91 Å². The highest BCUT2D eigenvalue weighted by molar-refractivity contribution is 6.05. The largest absolute Gasteiger partial charge is 0.354 e. The Balaban J connectivity index is 1.07. The van der Waals surface area contributed by atoms with Crippen molar-refractivity contribution in [3.05, 3.63) is 126 Å². The second-order valence-corrected chi connectivity index (χ2v) is 10.3. The molecule has 202 valence electrons. The summed E-state index contributed by atoms with van der Waals surface area (Å²) in [6.07, 6.45) is 5.50. The third-order valence-corrected chi connectivity index (χ3v) is 7.67. The van der Waals surface area contributed by atoms with E-state index in [4.69, 9.17) is 6.57 Å². The molecule has 41 heavy (non-hydrogen) atoms. The summed E-state index contributed by atoms with van der Waals surface area (Å²) in [6.45, 7) is 13.8. The Labute approximate surface area is 239 Å². The first-order valence-corrected chi connectivity index (χ1v) is 13.7. The van der Waals surface area contributed by atoms with Crippen LogP contribution in [-0.4, -0.2) is 47.0 Å². The zero-order valence-electron chi connectivity index (χ0n) is 22.9. The number of anilines is 2. The summed E-state index contributed by atoms with van der Waals surface area (Å²) in [5.74, 6) is 0.732. The molecule has 1 amide bonds. The van der Waals surface area contributed by atoms with Gasteiger partial charge >= 0.3 is 0 Å². The highest BCUT2D eigenvalue weighted by Crippen LogP contribution is 2.27. The van der Waals surface area contributed by atoms with Crippen LogP contribution in [0.15, 0.2) is 97.5 Å². The summed E-state index contributed by atoms with van der Waals surface area (Å²) >= 11 is 0. The second-order valence-electron chi connectivity index (χ2n) is 10.3. The van der Waals surface area contributed by atoms with Crippen molar-refractivity contribution >= 4 is 33.9 Å². The number of pyridine rings is 2. The van der Waals surface area contributed by atoms with Crippen LogP contribution >= 0.6 is 0 Å². The number of hydrogen-bond acceptors (Lipinski definition) is 5. The molecule has 0 unspecified atom stereocenters. The Morgan fingerprint density at radius 1 is 0.951 bits per heavy atom. The van der Waals surface area contributed by atoms with Crippen LogP contribution in [0.25, 0.3) is 26.7 Å². The lowest BCUT2D eigenvalue weighted by molar-refractivity contribution is 0.102. The minimum atomic E-state index is -0.184. The van der Waals surface area contributed by atoms with Crippen molar-refractivity contribution in [2.24, 2.45) is 0 Å². The molecule has 0 spiro atoms. The maximum atomic E-state index is 13.1. The topological polar surface area (TPSA) is 65.7 Å². The Morgan fingerprint density at radius 2 is 1.78 bits per heavy atom. The molecule has 2 aromatic heterocycles. The van der Waals surface area contributed by atoms with E-state index in [0.717, 1.165) is 55.2 Å². The monoisotopic (exact) mass is 538 g/mol. The van der Waals surface area contributed by atoms with Gasteiger partial charge in [-0.15, -0.1) is 0 Å². The number of aryl methyl sites for hydroxylation is 1. The number of benzene rings is 3. The van der Waals surface area contributed by atoms with Gasteiger partial charge in [-0.3, -0.25) is 14.7 Å². The fraction of sp³-hybridized carbons (Fsp3) is 0.176. The van der Waals surface area contributed by atoms with E-state index < -0.39 is 0 Å². The fourth-order valence-electron chi connectivity index (χ4n) is 5.34. The van der Waals surface area contributed by atoms with Crippen molar-refractivity contribution in [1.29, 1.82) is 0 Å². The molecule has 6 rings (SSSR count). The van der Waals surface area contributed by atoms with E-state index in [9.17, 15) is 4.79 Å². The van der Waals surface area contributed by atoms with E-state index in [2.05, 4.69) is 54.2 Å². The van der Waals surface area contributed by atoms with Gasteiger partial charge < -0.3 is 10.2 Å². The number of hydrogen-bond donors (Lipinski definition) is 1. The number of fused-ring (bicyclic) bond motifs is 1. The van der Waals surface area contributed by atoms with Gasteiger partial charge in [-0.25, -0.2) is 9.83 Å². The van der Waals surface area contributed by atoms with Gasteiger partial charge in [0.05, 0.1) is 18.5 Å². The summed E-state index contributed by atoms with van der Waals surface area (Å²) in [4.78, 5) is 30.2. The van der Waals surface area contributed by atoms with Gasteiger partial charge in [0, 0.05) is 56.1 Å². The fourth-order valence-corrected chi connectivity index (χ4v) is 5.34. The predicted molar refractivity (Wildman–Crippen MR) is 164 cm³/mol. The van der Waals surface area contributed by atoms with E-state index in [1.165, 1.54) is 16.3 Å². The van der Waals surface area contributed by atoms with Gasteiger partial charge in [0.2, 0.25) is 0 Å². The summed E-state index contributed by atoms with van der Waals surface area (Å²) in [7, 11) is 0. The van der Waals surface area contributed by atoms with Crippen LogP contribution in [0, 0.1) is 13.5 Å². The number of nitrogens with one attached hydrogen (secondary N) is 1. The third-order valence-electron chi connectivity index (χ3n) is 7.67. The van der Waals surface area contributed by atoms with Crippen LogP contribution in [0.3, 0.4) is 0 Å². The minimum Gasteiger partial charge on any atom is -0.354 e. The molecular weight excluding hydrogens is 508 g/mol. The molecule has 7 nitrogen and oxygen atoms in total. The zero-order valence-corrected chi connectivity index (χ0v) is 22.9. The summed E-state index contributed by atoms with van der Waals surface area (Å²) in [5.41, 5.74) is 6.17. The van der Waals surface area contributed by atoms with Gasteiger partial charge in [-0.05, 0) is 64.9 Å². The number of carbonyl (C=O) groups is 1. The Kier molecular flexibility index (Phi) is 7.40. The molecule has 3 aromatic carbocycles. The quantitative estimate of drug-likeness (QED) is 0.243. The Bertz CT molecular complexity index is 1730. The molecule has 0 saturated carbocycles. The molecule has 0 radical (unpaired) electrons. The predicted octanol–water partition coefficient (Wildman–Crippen LogP) is 6.73. The average Bonchev–Trinajstić information content (AvgIpc) is 3.02. The average molecular weight is 539 g/mol. The third kappa shape index (κ3) is 5.79. The lowest BCUT2D eigenvalue weighted by Gasteiger charge is -2.35. The molecule has 3 heterocycles. The number of rotatable bonds is 6. The Morgan fingerprint density at radius 3 is 2.54 bits per heavy atom. The smallest absolute Gasteiger partial charge is 0.255 e. The van der Waals surface area contributed by atoms with Crippen LogP contribution in [0.1, 0.15) is 21.5 Å². The first kappa shape index (κ1) is 26.2. The Hall–Kier alpha value is -5.06. The van der Waals surface area contributed by atoms with Crippen LogP contribution in [0.4, 0.5) is 17.2 Å². The molecule has 1 aliphatic rings. The number of piperazine rings is 1. The lowest BCUT2D eigenvalue weighted by Crippen LogP contribution is -2.46. The first-order chi connectivity index (χ1) is 20.1. The molecule has 0 bridgehead atoms. The van der Waals surface area contributed by atoms with Gasteiger partial charge in [-0.1, -0.05) is 48.5 Å². The molecular formula is C34H30N6O. The van der Waals surface area contributed by atoms with Crippen LogP contribution in [-0.2, 0) is 6.54 Å². The number of nitrogens with zero attached hydrogens (tertiary/aromatic N) is 5. The summed E-state index contributed by atoms with van der Waals surface area (Å²) in [5, 5.41) is 5.42. The SMILES string of the molecule is [C-]#[N+]c1ccc(-c2cc(C(=O)Nc3ccc(N4CCN(Cc5cccc6cnccc56)CC4)nc3)ccc2C)cc1. The van der Waals surface area contributed by atoms with Crippen molar-refractivity contribution in [3.63, 3.8) is 0 Å². The highest BCUT2D eigenvalue weighted by Gasteiger charge is 2.19. The summed E-state index contributed by atoms with van der Waals surface area (Å²) < 4.78 is 0. The van der Waals surface area contributed by atoms with Crippen molar-refractivity contribution < 1.29 is 4.79 Å². The maximum Gasteiger partial charge on any atom is 0.255 e. The number of aromatic nitrogens is 2. The normalized spacial score (nSPS) is 13.6. The van der Waals surface area contributed by atoms with Crippen molar-refractivity contribution in [1.82, 2.24) is 14.9 Å². The molecule has 7 heteroatoms. The summed E-state index contributed by atoms with van der Waals surface area (Å²) in [6, 6.07) is 25.5. The first-order valence-electron chi connectivity index (χ1n) is 13.7. The standard InChI is InChI=1S/C34H30N6O/c1-24-6-7-26(20-32(24)25-8-10-29(35-2)11-9-25)34(41)38-30-12-13-33(37-22-30)40-18-16-39(17-19-40)23-28-5-3-4-27-21-36-15-14-31(27)28/h3-15,20-22H,16-19,23H2,1H3,(H,38,41). The van der Waals surface area contributed by atoms with Gasteiger partial charge in [0.15, 0.2) is 5.69 Å². The van der Waals surface area contributed by atoms with Crippen molar-refractivity contribution in [3.8, 4) is 11.1 Å². The van der Waals surface area contributed by atoms with Crippen LogP contribution in [0.2, 0.25) is 0 Å². The molecule has 5 aromatic rings. The molecule has 0 aliphatic carbocycles. The van der Waals surface area contributed by atoms with Crippen LogP contribution in [0.5, 0.6) is 0 Å². The molecule has 1 saturated heterocycles. The minimum absolute atomic E-state index is 0.184. The number of amides is 1. The highest BCUT2D eigenvalue weighted by atomic mass is 16.1. The number of carbonyl (C=O) groups excluding carboxylic acids is 1. The lowest BCUT2D eigenvalue weighted by atomic mass is 9.97. The molecule has 0 atom stereocenters. The van der Waals surface area contributed by atoms with E-state index >= 15 is 0 Å². The maximum absolute atomic E-state index is 13.1. The van der Waals surface area contributed by atoms with Gasteiger partial charge in [0.1, 0.15) is 5.82 Å². The van der Waals surface area contributed by atoms with E-state index in [0.29, 0.717) is 16.9 Å². The van der Waals surface area contributed by atoms with Crippen molar-refractivity contribution in [2.45, 2.75) is 13.5 Å². The zero-order chi connectivity index (χ0) is 28.2. The van der Waals surface area contributed by atoms with E-state index in [1.807, 2.05) is 61.8 Å².